The van der Waals surface area contributed by atoms with Crippen LogP contribution < -0.4 is 5.32 Å². The Morgan fingerprint density at radius 1 is 1.29 bits per heavy atom. The van der Waals surface area contributed by atoms with E-state index >= 15 is 0 Å². The molecule has 1 fully saturated rings. The van der Waals surface area contributed by atoms with Gasteiger partial charge in [0.1, 0.15) is 0 Å². The molecule has 1 heterocycles. The molecule has 1 atom stereocenters. The highest BCUT2D eigenvalue weighted by Gasteiger charge is 2.25. The van der Waals surface area contributed by atoms with Crippen molar-refractivity contribution in [1.82, 2.24) is 0 Å². The molecule has 1 aliphatic rings. The van der Waals surface area contributed by atoms with Crippen LogP contribution in [0.25, 0.3) is 0 Å². The van der Waals surface area contributed by atoms with Gasteiger partial charge in [0, 0.05) is 6.04 Å². The summed E-state index contributed by atoms with van der Waals surface area (Å²) in [6, 6.07) is 3.47. The Hall–Kier alpha value is -1.17. The number of nitrogens with one attached hydrogen (secondary N) is 1. The van der Waals surface area contributed by atoms with Crippen LogP contribution in [0.1, 0.15) is 12.8 Å². The van der Waals surface area contributed by atoms with E-state index in [1.807, 2.05) is 0 Å². The fourth-order valence-electron chi connectivity index (χ4n) is 1.97. The molecule has 1 aromatic carbocycles. The minimum atomic E-state index is -3.05. The molecule has 0 amide bonds. The SMILES string of the molecule is O=S1(=O)CCCC(Nc2cccc(F)c2F)C1. The normalized spacial score (nSPS) is 23.3. The number of benzene rings is 1. The Labute approximate surface area is 98.8 Å². The van der Waals surface area contributed by atoms with Crippen molar-refractivity contribution in [2.24, 2.45) is 0 Å². The number of sulfone groups is 1. The van der Waals surface area contributed by atoms with Gasteiger partial charge in [0.15, 0.2) is 21.5 Å². The summed E-state index contributed by atoms with van der Waals surface area (Å²) in [5, 5.41) is 2.75. The predicted molar refractivity (Wildman–Crippen MR) is 61.7 cm³/mol. The Morgan fingerprint density at radius 3 is 2.76 bits per heavy atom. The highest BCUT2D eigenvalue weighted by Crippen LogP contribution is 2.21. The zero-order valence-electron chi connectivity index (χ0n) is 9.12. The van der Waals surface area contributed by atoms with Crippen molar-refractivity contribution in [2.75, 3.05) is 16.8 Å². The molecule has 0 saturated carbocycles. The highest BCUT2D eigenvalue weighted by atomic mass is 32.2. The lowest BCUT2D eigenvalue weighted by molar-refractivity contribution is 0.508. The smallest absolute Gasteiger partial charge is 0.181 e. The average Bonchev–Trinajstić information content (AvgIpc) is 2.23. The van der Waals surface area contributed by atoms with Crippen LogP contribution in [-0.2, 0) is 9.84 Å². The Kier molecular flexibility index (Phi) is 3.33. The third-order valence-corrected chi connectivity index (χ3v) is 4.60. The molecule has 0 bridgehead atoms. The van der Waals surface area contributed by atoms with Crippen LogP contribution in [0.4, 0.5) is 14.5 Å². The fourth-order valence-corrected chi connectivity index (χ4v) is 3.61. The van der Waals surface area contributed by atoms with Crippen LogP contribution in [0.3, 0.4) is 0 Å². The van der Waals surface area contributed by atoms with Crippen molar-refractivity contribution >= 4 is 15.5 Å². The van der Waals surface area contributed by atoms with E-state index in [1.54, 1.807) is 0 Å². The van der Waals surface area contributed by atoms with Crippen LogP contribution in [0.2, 0.25) is 0 Å². The topological polar surface area (TPSA) is 46.2 Å². The van der Waals surface area contributed by atoms with Gasteiger partial charge >= 0.3 is 0 Å². The van der Waals surface area contributed by atoms with Gasteiger partial charge in [-0.15, -0.1) is 0 Å². The van der Waals surface area contributed by atoms with Gasteiger partial charge in [0.25, 0.3) is 0 Å². The van der Waals surface area contributed by atoms with E-state index in [0.717, 1.165) is 6.07 Å². The van der Waals surface area contributed by atoms with Gasteiger partial charge in [-0.1, -0.05) is 6.07 Å². The van der Waals surface area contributed by atoms with Crippen LogP contribution in [0.15, 0.2) is 18.2 Å². The molecule has 1 aliphatic heterocycles. The molecule has 17 heavy (non-hydrogen) atoms. The monoisotopic (exact) mass is 261 g/mol. The minimum Gasteiger partial charge on any atom is -0.379 e. The molecule has 0 aromatic heterocycles. The Morgan fingerprint density at radius 2 is 2.06 bits per heavy atom. The first kappa shape index (κ1) is 12.3. The maximum absolute atomic E-state index is 13.4. The van der Waals surface area contributed by atoms with E-state index in [4.69, 9.17) is 0 Å². The molecule has 0 radical (unpaired) electrons. The number of halogens is 2. The summed E-state index contributed by atoms with van der Waals surface area (Å²) in [5.74, 6) is -1.75. The summed E-state index contributed by atoms with van der Waals surface area (Å²) in [4.78, 5) is 0. The van der Waals surface area contributed by atoms with Crippen LogP contribution >= 0.6 is 0 Å². The quantitative estimate of drug-likeness (QED) is 0.885. The standard InChI is InChI=1S/C11H13F2NO2S/c12-9-4-1-5-10(11(9)13)14-8-3-2-6-17(15,16)7-8/h1,4-5,8,14H,2-3,6-7H2. The Bertz CT molecular complexity index is 516. The summed E-state index contributed by atoms with van der Waals surface area (Å²) in [6.45, 7) is 0. The lowest BCUT2D eigenvalue weighted by Gasteiger charge is -2.24. The van der Waals surface area contributed by atoms with E-state index < -0.39 is 21.5 Å². The van der Waals surface area contributed by atoms with Crippen molar-refractivity contribution in [3.63, 3.8) is 0 Å². The molecule has 1 aromatic rings. The number of rotatable bonds is 2. The molecule has 2 rings (SSSR count). The van der Waals surface area contributed by atoms with Gasteiger partial charge in [-0.3, -0.25) is 0 Å². The highest BCUT2D eigenvalue weighted by molar-refractivity contribution is 7.91. The maximum Gasteiger partial charge on any atom is 0.181 e. The van der Waals surface area contributed by atoms with Crippen LogP contribution in [0, 0.1) is 11.6 Å². The summed E-state index contributed by atoms with van der Waals surface area (Å²) >= 11 is 0. The summed E-state index contributed by atoms with van der Waals surface area (Å²) in [5.41, 5.74) is 0.0205. The second kappa shape index (κ2) is 4.60. The molecular formula is C11H13F2NO2S. The maximum atomic E-state index is 13.4. The van der Waals surface area contributed by atoms with Crippen molar-refractivity contribution < 1.29 is 17.2 Å². The van der Waals surface area contributed by atoms with Crippen molar-refractivity contribution in [1.29, 1.82) is 0 Å². The van der Waals surface area contributed by atoms with Crippen molar-refractivity contribution in [3.8, 4) is 0 Å². The predicted octanol–water partition coefficient (Wildman–Crippen LogP) is 1.95. The molecule has 3 nitrogen and oxygen atoms in total. The van der Waals surface area contributed by atoms with E-state index in [1.165, 1.54) is 12.1 Å². The zero-order chi connectivity index (χ0) is 12.5. The van der Waals surface area contributed by atoms with E-state index in [-0.39, 0.29) is 23.2 Å². The molecule has 1 unspecified atom stereocenters. The van der Waals surface area contributed by atoms with Crippen molar-refractivity contribution in [3.05, 3.63) is 29.8 Å². The molecule has 0 spiro atoms. The first-order chi connectivity index (χ1) is 7.98. The first-order valence-electron chi connectivity index (χ1n) is 5.39. The summed E-state index contributed by atoms with van der Waals surface area (Å²) in [6.07, 6.45) is 1.20. The number of hydrogen-bond donors (Lipinski definition) is 1. The average molecular weight is 261 g/mol. The molecule has 1 N–H and O–H groups in total. The zero-order valence-corrected chi connectivity index (χ0v) is 9.93. The third-order valence-electron chi connectivity index (χ3n) is 2.77. The van der Waals surface area contributed by atoms with Gasteiger partial charge in [-0.25, -0.2) is 17.2 Å². The number of hydrogen-bond acceptors (Lipinski definition) is 3. The van der Waals surface area contributed by atoms with E-state index in [9.17, 15) is 17.2 Å². The van der Waals surface area contributed by atoms with E-state index in [0.29, 0.717) is 12.8 Å². The summed E-state index contributed by atoms with van der Waals surface area (Å²) in [7, 11) is -3.05. The lowest BCUT2D eigenvalue weighted by atomic mass is 10.1. The second-order valence-corrected chi connectivity index (χ2v) is 6.43. The second-order valence-electron chi connectivity index (χ2n) is 4.20. The fraction of sp³-hybridized carbons (Fsp3) is 0.455. The minimum absolute atomic E-state index is 0.0205. The largest absolute Gasteiger partial charge is 0.379 e. The third kappa shape index (κ3) is 2.94. The van der Waals surface area contributed by atoms with Crippen LogP contribution in [-0.4, -0.2) is 26.0 Å². The first-order valence-corrected chi connectivity index (χ1v) is 7.21. The Balaban J connectivity index is 2.13. The molecule has 6 heteroatoms. The van der Waals surface area contributed by atoms with Gasteiger partial charge in [0.05, 0.1) is 17.2 Å². The van der Waals surface area contributed by atoms with Gasteiger partial charge < -0.3 is 5.32 Å². The van der Waals surface area contributed by atoms with Gasteiger partial charge in [-0.2, -0.15) is 0 Å². The molecule has 94 valence electrons. The molecule has 0 aliphatic carbocycles. The van der Waals surface area contributed by atoms with Gasteiger partial charge in [0.2, 0.25) is 0 Å². The van der Waals surface area contributed by atoms with Crippen molar-refractivity contribution in [2.45, 2.75) is 18.9 Å². The van der Waals surface area contributed by atoms with Crippen LogP contribution in [0.5, 0.6) is 0 Å². The number of anilines is 1. The van der Waals surface area contributed by atoms with Gasteiger partial charge in [-0.05, 0) is 25.0 Å². The lowest BCUT2D eigenvalue weighted by Crippen LogP contribution is -2.35. The molecular weight excluding hydrogens is 248 g/mol. The summed E-state index contributed by atoms with van der Waals surface area (Å²) < 4.78 is 49.1. The van der Waals surface area contributed by atoms with E-state index in [2.05, 4.69) is 5.32 Å². The molecule has 1 saturated heterocycles.